The molecule has 1 amide bonds. The lowest BCUT2D eigenvalue weighted by Gasteiger charge is -2.21. The summed E-state index contributed by atoms with van der Waals surface area (Å²) < 4.78 is 13.9. The zero-order valence-electron chi connectivity index (χ0n) is 11.0. The van der Waals surface area contributed by atoms with Crippen LogP contribution in [0.3, 0.4) is 0 Å². The molecule has 8 nitrogen and oxygen atoms in total. The zero-order valence-corrected chi connectivity index (χ0v) is 11.0. The van der Waals surface area contributed by atoms with E-state index >= 15 is 0 Å². The average Bonchev–Trinajstić information content (AvgIpc) is 2.84. The molecule has 0 fully saturated rings. The Bertz CT molecular complexity index is 689. The lowest BCUT2D eigenvalue weighted by Crippen LogP contribution is -2.43. The van der Waals surface area contributed by atoms with Crippen molar-refractivity contribution in [3.63, 3.8) is 0 Å². The van der Waals surface area contributed by atoms with Gasteiger partial charge in [0.25, 0.3) is 5.91 Å². The van der Waals surface area contributed by atoms with E-state index in [0.717, 1.165) is 17.1 Å². The molecule has 108 valence electrons. The fourth-order valence-electron chi connectivity index (χ4n) is 1.53. The van der Waals surface area contributed by atoms with Crippen molar-refractivity contribution in [2.75, 3.05) is 5.32 Å². The van der Waals surface area contributed by atoms with E-state index in [4.69, 9.17) is 5.26 Å². The van der Waals surface area contributed by atoms with Crippen molar-refractivity contribution in [3.05, 3.63) is 36.4 Å². The molecule has 0 aromatic carbocycles. The maximum absolute atomic E-state index is 12.8. The first kappa shape index (κ1) is 14.5. The molecule has 1 unspecified atom stereocenters. The molecule has 1 atom stereocenters. The fourth-order valence-corrected chi connectivity index (χ4v) is 1.53. The minimum atomic E-state index is -1.81. The maximum atomic E-state index is 12.8. The number of halogens is 1. The number of nitriles is 1. The monoisotopic (exact) mass is 290 g/mol. The highest BCUT2D eigenvalue weighted by Crippen LogP contribution is 2.12. The summed E-state index contributed by atoms with van der Waals surface area (Å²) in [7, 11) is 0. The van der Waals surface area contributed by atoms with Crippen molar-refractivity contribution in [1.82, 2.24) is 19.7 Å². The number of amides is 1. The summed E-state index contributed by atoms with van der Waals surface area (Å²) in [6, 6.07) is 1.74. The van der Waals surface area contributed by atoms with E-state index in [9.17, 15) is 14.3 Å². The number of hydrogen-bond acceptors (Lipinski definition) is 6. The van der Waals surface area contributed by atoms with Gasteiger partial charge in [0.15, 0.2) is 11.4 Å². The van der Waals surface area contributed by atoms with Crippen molar-refractivity contribution < 1.29 is 14.3 Å². The van der Waals surface area contributed by atoms with E-state index in [1.54, 1.807) is 6.07 Å². The van der Waals surface area contributed by atoms with Crippen LogP contribution in [0, 0.1) is 17.1 Å². The molecule has 0 aliphatic carbocycles. The second kappa shape index (κ2) is 5.64. The summed E-state index contributed by atoms with van der Waals surface area (Å²) in [5.41, 5.74) is -1.59. The Labute approximate surface area is 118 Å². The molecular weight excluding hydrogens is 279 g/mol. The molecule has 0 aliphatic heterocycles. The van der Waals surface area contributed by atoms with Crippen LogP contribution >= 0.6 is 0 Å². The van der Waals surface area contributed by atoms with Crippen molar-refractivity contribution in [3.8, 4) is 6.07 Å². The van der Waals surface area contributed by atoms with Crippen LogP contribution in [-0.2, 0) is 11.3 Å². The molecule has 2 N–H and O–H groups in total. The Morgan fingerprint density at radius 1 is 1.52 bits per heavy atom. The molecule has 2 rings (SSSR count). The number of nitrogens with one attached hydrogen (secondary N) is 1. The topological polar surface area (TPSA) is 117 Å². The Hall–Kier alpha value is -2.86. The molecule has 2 heterocycles. The van der Waals surface area contributed by atoms with Gasteiger partial charge < -0.3 is 10.4 Å². The van der Waals surface area contributed by atoms with E-state index in [2.05, 4.69) is 20.4 Å². The summed E-state index contributed by atoms with van der Waals surface area (Å²) in [6.07, 6.45) is 4.52. The van der Waals surface area contributed by atoms with Gasteiger partial charge in [-0.15, -0.1) is 0 Å². The fraction of sp³-hybridized carbons (Fsp3) is 0.250. The molecule has 2 aromatic heterocycles. The van der Waals surface area contributed by atoms with Gasteiger partial charge in [0, 0.05) is 0 Å². The molecule has 0 bridgehead atoms. The number of hydrogen-bond donors (Lipinski definition) is 2. The lowest BCUT2D eigenvalue weighted by atomic mass is 10.1. The van der Waals surface area contributed by atoms with E-state index < -0.39 is 17.3 Å². The second-order valence-electron chi connectivity index (χ2n) is 4.49. The third-order valence-electron chi connectivity index (χ3n) is 2.57. The highest BCUT2D eigenvalue weighted by molar-refractivity contribution is 5.96. The minimum Gasteiger partial charge on any atom is -0.378 e. The Balaban J connectivity index is 2.05. The Morgan fingerprint density at radius 3 is 2.71 bits per heavy atom. The summed E-state index contributed by atoms with van der Waals surface area (Å²) in [5.74, 6) is -1.33. The van der Waals surface area contributed by atoms with Crippen LogP contribution in [0.4, 0.5) is 10.1 Å². The molecule has 2 aromatic rings. The standard InChI is InChI=1S/C12H11FN6O2/c1-12(21,7-19-6-8(13)3-17-19)11(20)18-9-4-15-10(2-14)16-5-9/h3-6,21H,7H2,1H3,(H,18,20). The summed E-state index contributed by atoms with van der Waals surface area (Å²) in [5, 5.41) is 24.7. The van der Waals surface area contributed by atoms with Crippen LogP contribution in [0.15, 0.2) is 24.8 Å². The number of anilines is 1. The van der Waals surface area contributed by atoms with E-state index in [1.807, 2.05) is 0 Å². The van der Waals surface area contributed by atoms with Gasteiger partial charge in [-0.05, 0) is 6.92 Å². The third-order valence-corrected chi connectivity index (χ3v) is 2.57. The highest BCUT2D eigenvalue weighted by atomic mass is 19.1. The number of carbonyl (C=O) groups excluding carboxylic acids is 1. The van der Waals surface area contributed by atoms with Crippen LogP contribution in [0.1, 0.15) is 12.7 Å². The number of nitrogens with zero attached hydrogens (tertiary/aromatic N) is 5. The third kappa shape index (κ3) is 3.58. The van der Waals surface area contributed by atoms with Gasteiger partial charge in [0.05, 0.1) is 37.0 Å². The van der Waals surface area contributed by atoms with E-state index in [1.165, 1.54) is 19.3 Å². The summed E-state index contributed by atoms with van der Waals surface area (Å²) >= 11 is 0. The number of rotatable bonds is 4. The first-order valence-electron chi connectivity index (χ1n) is 5.84. The SMILES string of the molecule is CC(O)(Cn1cc(F)cn1)C(=O)Nc1cnc(C#N)nc1. The van der Waals surface area contributed by atoms with Crippen LogP contribution in [0.5, 0.6) is 0 Å². The van der Waals surface area contributed by atoms with E-state index in [-0.39, 0.29) is 18.1 Å². The van der Waals surface area contributed by atoms with Crippen LogP contribution < -0.4 is 5.32 Å². The molecule has 0 radical (unpaired) electrons. The van der Waals surface area contributed by atoms with Gasteiger partial charge in [-0.1, -0.05) is 0 Å². The Morgan fingerprint density at radius 2 is 2.19 bits per heavy atom. The lowest BCUT2D eigenvalue weighted by molar-refractivity contribution is -0.133. The predicted octanol–water partition coefficient (Wildman–Crippen LogP) is 0.0736. The van der Waals surface area contributed by atoms with Gasteiger partial charge >= 0.3 is 0 Å². The first-order valence-corrected chi connectivity index (χ1v) is 5.84. The number of aromatic nitrogens is 4. The second-order valence-corrected chi connectivity index (χ2v) is 4.49. The smallest absolute Gasteiger partial charge is 0.258 e. The van der Waals surface area contributed by atoms with Crippen LogP contribution in [0.25, 0.3) is 0 Å². The van der Waals surface area contributed by atoms with E-state index in [0.29, 0.717) is 0 Å². The molecular formula is C12H11FN6O2. The van der Waals surface area contributed by atoms with Gasteiger partial charge in [0.1, 0.15) is 6.07 Å². The largest absolute Gasteiger partial charge is 0.378 e. The zero-order chi connectivity index (χ0) is 15.5. The number of carbonyl (C=O) groups is 1. The van der Waals surface area contributed by atoms with Crippen LogP contribution in [0.2, 0.25) is 0 Å². The molecule has 0 spiro atoms. The van der Waals surface area contributed by atoms with Crippen molar-refractivity contribution >= 4 is 11.6 Å². The maximum Gasteiger partial charge on any atom is 0.258 e. The molecule has 0 aliphatic rings. The van der Waals surface area contributed by atoms with Crippen molar-refractivity contribution in [2.24, 2.45) is 0 Å². The summed E-state index contributed by atoms with van der Waals surface area (Å²) in [4.78, 5) is 19.4. The van der Waals surface area contributed by atoms with Gasteiger partial charge in [-0.2, -0.15) is 10.4 Å². The Kier molecular flexibility index (Phi) is 3.91. The van der Waals surface area contributed by atoms with Gasteiger partial charge in [-0.3, -0.25) is 9.48 Å². The molecule has 21 heavy (non-hydrogen) atoms. The predicted molar refractivity (Wildman–Crippen MR) is 68.2 cm³/mol. The van der Waals surface area contributed by atoms with Crippen molar-refractivity contribution in [2.45, 2.75) is 19.1 Å². The molecule has 0 saturated heterocycles. The molecule has 9 heteroatoms. The minimum absolute atomic E-state index is 0.0354. The molecule has 0 saturated carbocycles. The number of aliphatic hydroxyl groups is 1. The first-order chi connectivity index (χ1) is 9.90. The summed E-state index contributed by atoms with van der Waals surface area (Å²) in [6.45, 7) is 1.05. The van der Waals surface area contributed by atoms with Crippen LogP contribution in [-0.4, -0.2) is 36.4 Å². The van der Waals surface area contributed by atoms with Crippen molar-refractivity contribution in [1.29, 1.82) is 5.26 Å². The quantitative estimate of drug-likeness (QED) is 0.823. The highest BCUT2D eigenvalue weighted by Gasteiger charge is 2.31. The average molecular weight is 290 g/mol. The van der Waals surface area contributed by atoms with Gasteiger partial charge in [0.2, 0.25) is 5.82 Å². The normalized spacial score (nSPS) is 13.2. The van der Waals surface area contributed by atoms with Gasteiger partial charge in [-0.25, -0.2) is 14.4 Å².